The summed E-state index contributed by atoms with van der Waals surface area (Å²) in [6.45, 7) is 18.3. The number of hydroxylamine groups is 2. The second-order valence-corrected chi connectivity index (χ2v) is 14.3. The summed E-state index contributed by atoms with van der Waals surface area (Å²) in [4.78, 5) is 20.0. The van der Waals surface area contributed by atoms with Crippen LogP contribution in [0.1, 0.15) is 162 Å². The van der Waals surface area contributed by atoms with E-state index in [1.165, 1.54) is 76.2 Å². The van der Waals surface area contributed by atoms with E-state index in [9.17, 15) is 4.79 Å². The molecule has 0 saturated carbocycles. The van der Waals surface area contributed by atoms with E-state index in [1.807, 2.05) is 6.07 Å². The van der Waals surface area contributed by atoms with Crippen molar-refractivity contribution in [1.82, 2.24) is 10.4 Å². The van der Waals surface area contributed by atoms with Gasteiger partial charge in [-0.15, -0.1) is 0 Å². The third-order valence-electron chi connectivity index (χ3n) is 8.87. The third kappa shape index (κ3) is 13.0. The molecule has 1 heterocycles. The van der Waals surface area contributed by atoms with Gasteiger partial charge < -0.3 is 10.1 Å². The number of piperidine rings is 1. The highest BCUT2D eigenvalue weighted by atomic mass is 16.7. The molecule has 0 bridgehead atoms. The Labute approximate surface area is 259 Å². The third-order valence-corrected chi connectivity index (χ3v) is 8.87. The van der Waals surface area contributed by atoms with Gasteiger partial charge >= 0.3 is 0 Å². The molecule has 0 spiro atoms. The van der Waals surface area contributed by atoms with Crippen molar-refractivity contribution in [2.45, 2.75) is 188 Å². The molecule has 1 fully saturated rings. The zero-order valence-electron chi connectivity index (χ0n) is 28.8. The van der Waals surface area contributed by atoms with Gasteiger partial charge in [-0.2, -0.15) is 5.06 Å². The monoisotopic (exact) mass is 587 g/mol. The van der Waals surface area contributed by atoms with Gasteiger partial charge in [0.1, 0.15) is 5.75 Å². The first-order valence-electron chi connectivity index (χ1n) is 17.5. The van der Waals surface area contributed by atoms with E-state index in [0.29, 0.717) is 0 Å². The van der Waals surface area contributed by atoms with Crippen LogP contribution < -0.4 is 10.1 Å². The van der Waals surface area contributed by atoms with Crippen molar-refractivity contribution in [1.29, 1.82) is 0 Å². The zero-order chi connectivity index (χ0) is 31.0. The minimum atomic E-state index is -0.474. The summed E-state index contributed by atoms with van der Waals surface area (Å²) < 4.78 is 6.31. The SMILES string of the molecule is CCCCCCCCCCCCCCON1C(C)(C)CC(NC(=O)C(CCCC)Oc2ccc(C)cc2C)CC1(C)C. The summed E-state index contributed by atoms with van der Waals surface area (Å²) in [5.41, 5.74) is 1.92. The van der Waals surface area contributed by atoms with Crippen LogP contribution in [0.3, 0.4) is 0 Å². The lowest BCUT2D eigenvalue weighted by Gasteiger charge is -2.54. The molecule has 1 unspecified atom stereocenters. The first-order chi connectivity index (χ1) is 20.0. The maximum Gasteiger partial charge on any atom is 0.261 e. The van der Waals surface area contributed by atoms with Crippen LogP contribution in [0, 0.1) is 13.8 Å². The van der Waals surface area contributed by atoms with E-state index >= 15 is 0 Å². The Hall–Kier alpha value is -1.59. The maximum absolute atomic E-state index is 13.5. The molecule has 1 amide bonds. The fourth-order valence-electron chi connectivity index (χ4n) is 6.83. The Morgan fingerprint density at radius 2 is 1.36 bits per heavy atom. The fourth-order valence-corrected chi connectivity index (χ4v) is 6.83. The Morgan fingerprint density at radius 3 is 1.88 bits per heavy atom. The first kappa shape index (κ1) is 36.6. The van der Waals surface area contributed by atoms with Crippen LogP contribution in [0.25, 0.3) is 0 Å². The molecule has 1 N–H and O–H groups in total. The molecular weight excluding hydrogens is 520 g/mol. The molecule has 0 aliphatic carbocycles. The van der Waals surface area contributed by atoms with Gasteiger partial charge in [-0.05, 0) is 85.3 Å². The van der Waals surface area contributed by atoms with Crippen molar-refractivity contribution in [3.05, 3.63) is 29.3 Å². The first-order valence-corrected chi connectivity index (χ1v) is 17.5. The number of hydrogen-bond donors (Lipinski definition) is 1. The smallest absolute Gasteiger partial charge is 0.261 e. The molecule has 2 rings (SSSR count). The number of unbranched alkanes of at least 4 members (excludes halogenated alkanes) is 12. The van der Waals surface area contributed by atoms with E-state index in [1.54, 1.807) is 0 Å². The Morgan fingerprint density at radius 1 is 0.833 bits per heavy atom. The Kier molecular flexibility index (Phi) is 16.5. The largest absolute Gasteiger partial charge is 0.480 e. The van der Waals surface area contributed by atoms with Crippen LogP contribution in [0.4, 0.5) is 0 Å². The van der Waals surface area contributed by atoms with E-state index < -0.39 is 6.10 Å². The molecule has 5 nitrogen and oxygen atoms in total. The Bertz CT molecular complexity index is 879. The van der Waals surface area contributed by atoms with Gasteiger partial charge in [0.25, 0.3) is 5.91 Å². The molecule has 5 heteroatoms. The molecule has 42 heavy (non-hydrogen) atoms. The van der Waals surface area contributed by atoms with Crippen LogP contribution in [-0.4, -0.2) is 40.8 Å². The fraction of sp³-hybridized carbons (Fsp3) is 0.811. The van der Waals surface area contributed by atoms with Gasteiger partial charge in [0.05, 0.1) is 6.61 Å². The number of nitrogens with zero attached hydrogens (tertiary/aromatic N) is 1. The topological polar surface area (TPSA) is 50.8 Å². The highest BCUT2D eigenvalue weighted by Crippen LogP contribution is 2.39. The van der Waals surface area contributed by atoms with Gasteiger partial charge in [0.15, 0.2) is 6.10 Å². The van der Waals surface area contributed by atoms with Crippen molar-refractivity contribution < 1.29 is 14.4 Å². The zero-order valence-corrected chi connectivity index (χ0v) is 28.8. The molecule has 1 atom stereocenters. The number of amides is 1. The molecule has 1 aromatic carbocycles. The van der Waals surface area contributed by atoms with Crippen molar-refractivity contribution in [3.63, 3.8) is 0 Å². The van der Waals surface area contributed by atoms with Gasteiger partial charge in [0, 0.05) is 17.1 Å². The lowest BCUT2D eigenvalue weighted by atomic mass is 9.79. The quantitative estimate of drug-likeness (QED) is 0.146. The normalized spacial score (nSPS) is 17.7. The average molecular weight is 587 g/mol. The number of ether oxygens (including phenoxy) is 1. The van der Waals surface area contributed by atoms with Gasteiger partial charge in [0.2, 0.25) is 0 Å². The summed E-state index contributed by atoms with van der Waals surface area (Å²) in [7, 11) is 0. The van der Waals surface area contributed by atoms with Crippen LogP contribution in [-0.2, 0) is 9.63 Å². The van der Waals surface area contributed by atoms with Gasteiger partial charge in [-0.3, -0.25) is 9.63 Å². The number of aryl methyl sites for hydroxylation is 2. The van der Waals surface area contributed by atoms with E-state index in [2.05, 4.69) is 77.9 Å². The lowest BCUT2D eigenvalue weighted by Crippen LogP contribution is -2.64. The van der Waals surface area contributed by atoms with Gasteiger partial charge in [-0.25, -0.2) is 0 Å². The summed E-state index contributed by atoms with van der Waals surface area (Å²) in [5.74, 6) is 0.810. The van der Waals surface area contributed by atoms with Crippen LogP contribution in [0.2, 0.25) is 0 Å². The molecule has 242 valence electrons. The summed E-state index contributed by atoms with van der Waals surface area (Å²) in [6, 6.07) is 6.24. The Balaban J connectivity index is 1.78. The van der Waals surface area contributed by atoms with Crippen molar-refractivity contribution in [2.24, 2.45) is 0 Å². The predicted octanol–water partition coefficient (Wildman–Crippen LogP) is 10.0. The minimum Gasteiger partial charge on any atom is -0.480 e. The highest BCUT2D eigenvalue weighted by molar-refractivity contribution is 5.81. The molecule has 0 radical (unpaired) electrons. The summed E-state index contributed by atoms with van der Waals surface area (Å²) in [6.07, 6.45) is 20.1. The van der Waals surface area contributed by atoms with Crippen LogP contribution in [0.5, 0.6) is 5.75 Å². The molecule has 1 aliphatic rings. The number of carbonyl (C=O) groups excluding carboxylic acids is 1. The number of rotatable bonds is 21. The minimum absolute atomic E-state index is 0.00545. The van der Waals surface area contributed by atoms with E-state index in [0.717, 1.165) is 56.4 Å². The molecule has 1 aliphatic heterocycles. The van der Waals surface area contributed by atoms with Crippen molar-refractivity contribution >= 4 is 5.91 Å². The van der Waals surface area contributed by atoms with Crippen molar-refractivity contribution in [3.8, 4) is 5.75 Å². The van der Waals surface area contributed by atoms with Crippen molar-refractivity contribution in [2.75, 3.05) is 6.61 Å². The number of hydrogen-bond acceptors (Lipinski definition) is 4. The van der Waals surface area contributed by atoms with Crippen LogP contribution in [0.15, 0.2) is 18.2 Å². The number of benzene rings is 1. The van der Waals surface area contributed by atoms with E-state index in [-0.39, 0.29) is 23.0 Å². The van der Waals surface area contributed by atoms with Crippen LogP contribution >= 0.6 is 0 Å². The summed E-state index contributed by atoms with van der Waals surface area (Å²) >= 11 is 0. The summed E-state index contributed by atoms with van der Waals surface area (Å²) in [5, 5.41) is 5.61. The average Bonchev–Trinajstić information content (AvgIpc) is 2.90. The maximum atomic E-state index is 13.5. The molecule has 1 saturated heterocycles. The molecule has 0 aromatic heterocycles. The predicted molar refractivity (Wildman–Crippen MR) is 178 cm³/mol. The second-order valence-electron chi connectivity index (χ2n) is 14.3. The highest BCUT2D eigenvalue weighted by Gasteiger charge is 2.47. The molecular formula is C37H66N2O3. The number of carbonyl (C=O) groups is 1. The molecule has 1 aromatic rings. The van der Waals surface area contributed by atoms with E-state index in [4.69, 9.17) is 9.57 Å². The lowest BCUT2D eigenvalue weighted by molar-refractivity contribution is -0.284. The second kappa shape index (κ2) is 18.9. The standard InChI is InChI=1S/C37H66N2O3/c1-9-11-13-14-15-16-17-18-19-20-21-22-26-41-39-36(5,6)28-32(29-37(39,7)8)38-35(40)34(23-12-10-2)42-33-25-24-30(3)27-31(33)4/h24-25,27,32,34H,9-23,26,28-29H2,1-8H3,(H,38,40). The van der Waals surface area contributed by atoms with Gasteiger partial charge in [-0.1, -0.05) is 109 Å². The number of nitrogens with one attached hydrogen (secondary N) is 1.